The van der Waals surface area contributed by atoms with Crippen LogP contribution >= 0.6 is 0 Å². The van der Waals surface area contributed by atoms with Crippen LogP contribution in [0.5, 0.6) is 23.0 Å². The highest BCUT2D eigenvalue weighted by atomic mass is 16.5. The number of carboxylic acids is 1. The van der Waals surface area contributed by atoms with Gasteiger partial charge in [-0.2, -0.15) is 5.26 Å². The molecule has 1 heterocycles. The van der Waals surface area contributed by atoms with Gasteiger partial charge in [-0.15, -0.1) is 0 Å². The molecule has 0 saturated carbocycles. The highest BCUT2D eigenvalue weighted by Crippen LogP contribution is 2.28. The summed E-state index contributed by atoms with van der Waals surface area (Å²) < 4.78 is 17.3. The number of nitrogens with zero attached hydrogens (tertiary/aromatic N) is 2. The van der Waals surface area contributed by atoms with Crippen molar-refractivity contribution in [1.29, 1.82) is 5.26 Å². The number of rotatable bonds is 10. The van der Waals surface area contributed by atoms with E-state index in [9.17, 15) is 15.2 Å². The lowest BCUT2D eigenvalue weighted by Gasteiger charge is -2.11. The number of hydrogen-bond donors (Lipinski definition) is 1. The molecule has 0 bridgehead atoms. The molecule has 0 unspecified atom stereocenters. The Bertz CT molecular complexity index is 1330. The number of pyridine rings is 1. The number of ether oxygens (including phenoxy) is 3. The lowest BCUT2D eigenvalue weighted by atomic mass is 10.0. The standard InChI is InChI=1S/C28H22N2O5/c29-19-21-18-20(27-25(28(31)32)8-4-15-30-27)9-14-26(21)34-17-5-16-33-22-10-12-24(13-11-22)35-23-6-2-1-3-7-23/h1-4,6-15,18H,5,16-17H2,(H,31,32). The van der Waals surface area contributed by atoms with Gasteiger partial charge in [0.2, 0.25) is 0 Å². The fourth-order valence-corrected chi connectivity index (χ4v) is 3.36. The lowest BCUT2D eigenvalue weighted by Crippen LogP contribution is -2.06. The van der Waals surface area contributed by atoms with Crippen LogP contribution in [0.4, 0.5) is 0 Å². The average molecular weight is 466 g/mol. The van der Waals surface area contributed by atoms with Crippen LogP contribution in [-0.4, -0.2) is 29.3 Å². The molecule has 3 aromatic carbocycles. The zero-order valence-electron chi connectivity index (χ0n) is 18.8. The molecule has 0 spiro atoms. The summed E-state index contributed by atoms with van der Waals surface area (Å²) in [5.74, 6) is 1.56. The van der Waals surface area contributed by atoms with Gasteiger partial charge in [-0.3, -0.25) is 4.98 Å². The minimum absolute atomic E-state index is 0.0712. The third-order valence-corrected chi connectivity index (χ3v) is 5.03. The largest absolute Gasteiger partial charge is 0.493 e. The second-order valence-electron chi connectivity index (χ2n) is 7.46. The Labute approximate surface area is 202 Å². The number of carboxylic acid groups (broad SMARTS) is 1. The SMILES string of the molecule is N#Cc1cc(-c2ncccc2C(=O)O)ccc1OCCCOc1ccc(Oc2ccccc2)cc1. The van der Waals surface area contributed by atoms with E-state index in [1.54, 1.807) is 24.3 Å². The van der Waals surface area contributed by atoms with Crippen LogP contribution in [0, 0.1) is 11.3 Å². The van der Waals surface area contributed by atoms with Crippen molar-refractivity contribution in [2.45, 2.75) is 6.42 Å². The van der Waals surface area contributed by atoms with Crippen molar-refractivity contribution in [1.82, 2.24) is 4.98 Å². The van der Waals surface area contributed by atoms with Crippen molar-refractivity contribution in [2.24, 2.45) is 0 Å². The number of benzene rings is 3. The van der Waals surface area contributed by atoms with Crippen LogP contribution in [0.15, 0.2) is 91.1 Å². The number of hydrogen-bond acceptors (Lipinski definition) is 6. The molecule has 4 rings (SSSR count). The Balaban J connectivity index is 1.28. The van der Waals surface area contributed by atoms with Crippen molar-refractivity contribution in [2.75, 3.05) is 13.2 Å². The predicted octanol–water partition coefficient (Wildman–Crippen LogP) is 5.96. The maximum absolute atomic E-state index is 11.5. The fourth-order valence-electron chi connectivity index (χ4n) is 3.36. The first-order valence-corrected chi connectivity index (χ1v) is 11.0. The second kappa shape index (κ2) is 11.3. The smallest absolute Gasteiger partial charge is 0.337 e. The first-order chi connectivity index (χ1) is 17.1. The van der Waals surface area contributed by atoms with Gasteiger partial charge in [0.1, 0.15) is 29.1 Å². The van der Waals surface area contributed by atoms with Gasteiger partial charge >= 0.3 is 5.97 Å². The lowest BCUT2D eigenvalue weighted by molar-refractivity contribution is 0.0697. The molecule has 0 radical (unpaired) electrons. The Morgan fingerprint density at radius 2 is 1.57 bits per heavy atom. The van der Waals surface area contributed by atoms with Crippen LogP contribution in [0.25, 0.3) is 11.3 Å². The van der Waals surface area contributed by atoms with Gasteiger partial charge in [-0.05, 0) is 66.7 Å². The Morgan fingerprint density at radius 1 is 0.857 bits per heavy atom. The highest BCUT2D eigenvalue weighted by molar-refractivity contribution is 5.94. The zero-order chi connectivity index (χ0) is 24.5. The molecule has 0 aliphatic rings. The van der Waals surface area contributed by atoms with Gasteiger partial charge in [0, 0.05) is 18.2 Å². The molecule has 0 amide bonds. The summed E-state index contributed by atoms with van der Waals surface area (Å²) in [5.41, 5.74) is 1.22. The molecule has 174 valence electrons. The molecule has 0 aliphatic heterocycles. The summed E-state index contributed by atoms with van der Waals surface area (Å²) in [5, 5.41) is 18.9. The van der Waals surface area contributed by atoms with Gasteiger partial charge < -0.3 is 19.3 Å². The molecule has 35 heavy (non-hydrogen) atoms. The van der Waals surface area contributed by atoms with E-state index in [1.807, 2.05) is 54.6 Å². The van der Waals surface area contributed by atoms with E-state index in [0.717, 1.165) is 17.2 Å². The third-order valence-electron chi connectivity index (χ3n) is 5.03. The minimum atomic E-state index is -1.08. The molecule has 1 aromatic heterocycles. The van der Waals surface area contributed by atoms with E-state index < -0.39 is 5.97 Å². The average Bonchev–Trinajstić information content (AvgIpc) is 2.90. The predicted molar refractivity (Wildman–Crippen MR) is 130 cm³/mol. The molecule has 4 aromatic rings. The number of aromatic nitrogens is 1. The summed E-state index contributed by atoms with van der Waals surface area (Å²) >= 11 is 0. The van der Waals surface area contributed by atoms with Crippen LogP contribution in [0.1, 0.15) is 22.3 Å². The van der Waals surface area contributed by atoms with E-state index >= 15 is 0 Å². The molecule has 0 aliphatic carbocycles. The van der Waals surface area contributed by atoms with Gasteiger partial charge in [0.25, 0.3) is 0 Å². The fraction of sp³-hybridized carbons (Fsp3) is 0.107. The van der Waals surface area contributed by atoms with Crippen LogP contribution in [0.3, 0.4) is 0 Å². The van der Waals surface area contributed by atoms with Crippen molar-refractivity contribution >= 4 is 5.97 Å². The van der Waals surface area contributed by atoms with Gasteiger partial charge in [-0.1, -0.05) is 18.2 Å². The van der Waals surface area contributed by atoms with Gasteiger partial charge in [0.15, 0.2) is 0 Å². The van der Waals surface area contributed by atoms with Crippen molar-refractivity contribution < 1.29 is 24.1 Å². The summed E-state index contributed by atoms with van der Waals surface area (Å²) in [4.78, 5) is 15.6. The Hall–Kier alpha value is -4.83. The van der Waals surface area contributed by atoms with Gasteiger partial charge in [-0.25, -0.2) is 4.79 Å². The monoisotopic (exact) mass is 466 g/mol. The van der Waals surface area contributed by atoms with Crippen molar-refractivity contribution in [3.63, 3.8) is 0 Å². The zero-order valence-corrected chi connectivity index (χ0v) is 18.8. The van der Waals surface area contributed by atoms with E-state index in [4.69, 9.17) is 14.2 Å². The maximum atomic E-state index is 11.5. The van der Waals surface area contributed by atoms with Crippen LogP contribution < -0.4 is 14.2 Å². The molecular formula is C28H22N2O5. The van der Waals surface area contributed by atoms with E-state index in [2.05, 4.69) is 11.1 Å². The summed E-state index contributed by atoms with van der Waals surface area (Å²) in [7, 11) is 0. The molecule has 0 atom stereocenters. The highest BCUT2D eigenvalue weighted by Gasteiger charge is 2.14. The second-order valence-corrected chi connectivity index (χ2v) is 7.46. The van der Waals surface area contributed by atoms with E-state index in [-0.39, 0.29) is 5.56 Å². The molecule has 7 nitrogen and oxygen atoms in total. The van der Waals surface area contributed by atoms with Crippen LogP contribution in [0.2, 0.25) is 0 Å². The Morgan fingerprint density at radius 3 is 2.31 bits per heavy atom. The minimum Gasteiger partial charge on any atom is -0.493 e. The topological polar surface area (TPSA) is 102 Å². The molecule has 0 fully saturated rings. The maximum Gasteiger partial charge on any atom is 0.337 e. The van der Waals surface area contributed by atoms with E-state index in [0.29, 0.717) is 42.2 Å². The molecule has 7 heteroatoms. The third kappa shape index (κ3) is 6.15. The van der Waals surface area contributed by atoms with Crippen molar-refractivity contribution in [3.05, 3.63) is 102 Å². The number of para-hydroxylation sites is 1. The van der Waals surface area contributed by atoms with Crippen LogP contribution in [-0.2, 0) is 0 Å². The first-order valence-electron chi connectivity index (χ1n) is 11.0. The molecule has 1 N–H and O–H groups in total. The Kier molecular flexibility index (Phi) is 7.56. The number of carbonyl (C=O) groups is 1. The summed E-state index contributed by atoms with van der Waals surface area (Å²) in [6.07, 6.45) is 2.13. The van der Waals surface area contributed by atoms with Gasteiger partial charge in [0.05, 0.1) is 30.0 Å². The quantitative estimate of drug-likeness (QED) is 0.288. The van der Waals surface area contributed by atoms with Crippen molar-refractivity contribution in [3.8, 4) is 40.3 Å². The summed E-state index contributed by atoms with van der Waals surface area (Å²) in [6, 6.07) is 27.0. The molecule has 0 saturated heterocycles. The van der Waals surface area contributed by atoms with E-state index in [1.165, 1.54) is 12.3 Å². The molecular weight excluding hydrogens is 444 g/mol. The first kappa shape index (κ1) is 23.3. The normalized spacial score (nSPS) is 10.3. The number of aromatic carboxylic acids is 1. The summed E-state index contributed by atoms with van der Waals surface area (Å²) in [6.45, 7) is 0.794. The number of nitriles is 1.